The molecule has 0 aliphatic carbocycles. The first-order valence-corrected chi connectivity index (χ1v) is 8.80. The molecule has 0 spiro atoms. The smallest absolute Gasteiger partial charge is 0.251 e. The lowest BCUT2D eigenvalue weighted by Gasteiger charge is -2.20. The van der Waals surface area contributed by atoms with Crippen molar-refractivity contribution in [3.63, 3.8) is 0 Å². The van der Waals surface area contributed by atoms with Crippen LogP contribution in [-0.4, -0.2) is 5.91 Å². The molecule has 1 unspecified atom stereocenters. The van der Waals surface area contributed by atoms with Gasteiger partial charge in [-0.25, -0.2) is 0 Å². The predicted octanol–water partition coefficient (Wildman–Crippen LogP) is 4.85. The van der Waals surface area contributed by atoms with E-state index in [1.54, 1.807) is 0 Å². The summed E-state index contributed by atoms with van der Waals surface area (Å²) in [5.41, 5.74) is 4.55. The van der Waals surface area contributed by atoms with Crippen molar-refractivity contribution in [2.24, 2.45) is 0 Å². The molecule has 4 nitrogen and oxygen atoms in total. The van der Waals surface area contributed by atoms with Crippen molar-refractivity contribution in [1.82, 2.24) is 0 Å². The topological polar surface area (TPSA) is 64.9 Å². The van der Waals surface area contributed by atoms with Crippen molar-refractivity contribution in [2.75, 3.05) is 10.6 Å². The molecule has 1 amide bonds. The number of benzene rings is 3. The van der Waals surface area contributed by atoms with Crippen LogP contribution in [0, 0.1) is 18.3 Å². The quantitative estimate of drug-likeness (QED) is 0.664. The van der Waals surface area contributed by atoms with E-state index in [2.05, 4.69) is 16.7 Å². The van der Waals surface area contributed by atoms with E-state index in [1.165, 1.54) is 0 Å². The van der Waals surface area contributed by atoms with Gasteiger partial charge in [0, 0.05) is 11.4 Å². The van der Waals surface area contributed by atoms with Crippen molar-refractivity contribution in [2.45, 2.75) is 19.4 Å². The molecule has 134 valence electrons. The number of nitrogens with zero attached hydrogens (tertiary/aromatic N) is 1. The summed E-state index contributed by atoms with van der Waals surface area (Å²) >= 11 is 0. The molecule has 0 fully saturated rings. The van der Waals surface area contributed by atoms with E-state index in [0.29, 0.717) is 6.42 Å². The van der Waals surface area contributed by atoms with Crippen LogP contribution in [0.1, 0.15) is 22.7 Å². The van der Waals surface area contributed by atoms with E-state index < -0.39 is 6.04 Å². The Morgan fingerprint density at radius 2 is 1.56 bits per heavy atom. The highest BCUT2D eigenvalue weighted by molar-refractivity contribution is 5.97. The van der Waals surface area contributed by atoms with Gasteiger partial charge < -0.3 is 10.6 Å². The van der Waals surface area contributed by atoms with E-state index >= 15 is 0 Å². The van der Waals surface area contributed by atoms with Gasteiger partial charge in [-0.1, -0.05) is 60.2 Å². The average Bonchev–Trinajstić information content (AvgIpc) is 2.70. The molecule has 0 bridgehead atoms. The Balaban J connectivity index is 1.81. The molecule has 0 saturated heterocycles. The highest BCUT2D eigenvalue weighted by Gasteiger charge is 2.20. The molecule has 3 aromatic rings. The Morgan fingerprint density at radius 3 is 2.19 bits per heavy atom. The Bertz CT molecular complexity index is 926. The molecular weight excluding hydrogens is 334 g/mol. The van der Waals surface area contributed by atoms with E-state index in [1.807, 2.05) is 85.8 Å². The fraction of sp³-hybridized carbons (Fsp3) is 0.130. The van der Waals surface area contributed by atoms with Crippen molar-refractivity contribution in [3.05, 3.63) is 95.6 Å². The highest BCUT2D eigenvalue weighted by Crippen LogP contribution is 2.22. The van der Waals surface area contributed by atoms with Gasteiger partial charge in [-0.05, 0) is 42.3 Å². The number of anilines is 2. The second-order valence-corrected chi connectivity index (χ2v) is 6.38. The Labute approximate surface area is 159 Å². The minimum absolute atomic E-state index is 0.133. The summed E-state index contributed by atoms with van der Waals surface area (Å²) in [6.07, 6.45) is 0.371. The molecular formula is C23H21N3O. The zero-order chi connectivity index (χ0) is 19.1. The van der Waals surface area contributed by atoms with E-state index in [9.17, 15) is 4.79 Å². The van der Waals surface area contributed by atoms with Gasteiger partial charge in [-0.3, -0.25) is 4.79 Å². The van der Waals surface area contributed by atoms with Crippen molar-refractivity contribution in [3.8, 4) is 6.07 Å². The molecule has 4 heteroatoms. The number of carbonyl (C=O) groups is 1. The third-order valence-corrected chi connectivity index (χ3v) is 4.26. The molecule has 0 heterocycles. The van der Waals surface area contributed by atoms with Crippen molar-refractivity contribution >= 4 is 17.3 Å². The maximum Gasteiger partial charge on any atom is 0.251 e. The zero-order valence-electron chi connectivity index (χ0n) is 15.1. The third-order valence-electron chi connectivity index (χ3n) is 4.26. The summed E-state index contributed by atoms with van der Waals surface area (Å²) in [4.78, 5) is 13.0. The number of carbonyl (C=O) groups excluding carboxylic acids is 1. The summed E-state index contributed by atoms with van der Waals surface area (Å²) in [6, 6.07) is 26.5. The van der Waals surface area contributed by atoms with Gasteiger partial charge in [-0.2, -0.15) is 5.26 Å². The standard InChI is InChI=1S/C23H21N3O/c1-17-7-11-21(12-8-17)26-23(27)22(19-5-3-2-4-6-19)25-20-13-9-18(10-14-20)15-16-24/h2-14,22,25H,15H2,1H3,(H,26,27). The summed E-state index contributed by atoms with van der Waals surface area (Å²) in [6.45, 7) is 2.01. The lowest BCUT2D eigenvalue weighted by atomic mass is 10.0. The van der Waals surface area contributed by atoms with Gasteiger partial charge in [0.05, 0.1) is 12.5 Å². The second kappa shape index (κ2) is 8.68. The van der Waals surface area contributed by atoms with Crippen LogP contribution >= 0.6 is 0 Å². The molecule has 3 rings (SSSR count). The number of nitriles is 1. The molecule has 0 radical (unpaired) electrons. The molecule has 0 aromatic heterocycles. The van der Waals surface area contributed by atoms with Crippen LogP contribution in [-0.2, 0) is 11.2 Å². The third kappa shape index (κ3) is 4.96. The van der Waals surface area contributed by atoms with Gasteiger partial charge in [0.25, 0.3) is 5.91 Å². The average molecular weight is 355 g/mol. The minimum atomic E-state index is -0.533. The molecule has 1 atom stereocenters. The molecule has 0 aliphatic heterocycles. The van der Waals surface area contributed by atoms with Crippen molar-refractivity contribution < 1.29 is 4.79 Å². The minimum Gasteiger partial charge on any atom is -0.370 e. The van der Waals surface area contributed by atoms with Gasteiger partial charge in [0.15, 0.2) is 0 Å². The highest BCUT2D eigenvalue weighted by atomic mass is 16.2. The first-order chi connectivity index (χ1) is 13.2. The van der Waals surface area contributed by atoms with Crippen LogP contribution in [0.3, 0.4) is 0 Å². The summed E-state index contributed by atoms with van der Waals surface area (Å²) in [5, 5.41) is 15.1. The lowest BCUT2D eigenvalue weighted by Crippen LogP contribution is -2.27. The molecule has 0 aliphatic rings. The number of nitrogens with one attached hydrogen (secondary N) is 2. The maximum absolute atomic E-state index is 13.0. The fourth-order valence-corrected chi connectivity index (χ4v) is 2.77. The van der Waals surface area contributed by atoms with Crippen LogP contribution in [0.25, 0.3) is 0 Å². The van der Waals surface area contributed by atoms with E-state index in [-0.39, 0.29) is 5.91 Å². The second-order valence-electron chi connectivity index (χ2n) is 6.38. The Kier molecular flexibility index (Phi) is 5.86. The number of rotatable bonds is 6. The number of amides is 1. The van der Waals surface area contributed by atoms with Crippen LogP contribution < -0.4 is 10.6 Å². The molecule has 2 N–H and O–H groups in total. The Hall–Kier alpha value is -3.58. The van der Waals surface area contributed by atoms with Crippen LogP contribution in [0.4, 0.5) is 11.4 Å². The number of aryl methyl sites for hydroxylation is 1. The summed E-state index contributed by atoms with van der Waals surface area (Å²) in [7, 11) is 0. The van der Waals surface area contributed by atoms with Crippen LogP contribution in [0.15, 0.2) is 78.9 Å². The largest absolute Gasteiger partial charge is 0.370 e. The van der Waals surface area contributed by atoms with Gasteiger partial charge in [-0.15, -0.1) is 0 Å². The Morgan fingerprint density at radius 1 is 0.926 bits per heavy atom. The van der Waals surface area contributed by atoms with Crippen LogP contribution in [0.2, 0.25) is 0 Å². The van der Waals surface area contributed by atoms with Gasteiger partial charge >= 0.3 is 0 Å². The zero-order valence-corrected chi connectivity index (χ0v) is 15.1. The summed E-state index contributed by atoms with van der Waals surface area (Å²) in [5.74, 6) is -0.133. The molecule has 27 heavy (non-hydrogen) atoms. The first-order valence-electron chi connectivity index (χ1n) is 8.80. The monoisotopic (exact) mass is 355 g/mol. The normalized spacial score (nSPS) is 11.3. The SMILES string of the molecule is Cc1ccc(NC(=O)C(Nc2ccc(CC#N)cc2)c2ccccc2)cc1. The van der Waals surface area contributed by atoms with Crippen molar-refractivity contribution in [1.29, 1.82) is 5.26 Å². The molecule has 0 saturated carbocycles. The lowest BCUT2D eigenvalue weighted by molar-refractivity contribution is -0.117. The van der Waals surface area contributed by atoms with E-state index in [0.717, 1.165) is 28.1 Å². The van der Waals surface area contributed by atoms with Gasteiger partial charge in [0.1, 0.15) is 6.04 Å². The van der Waals surface area contributed by atoms with Crippen LogP contribution in [0.5, 0.6) is 0 Å². The van der Waals surface area contributed by atoms with Gasteiger partial charge in [0.2, 0.25) is 0 Å². The van der Waals surface area contributed by atoms with E-state index in [4.69, 9.17) is 5.26 Å². The first kappa shape index (κ1) is 18.2. The predicted molar refractivity (Wildman–Crippen MR) is 108 cm³/mol. The fourth-order valence-electron chi connectivity index (χ4n) is 2.77. The molecule has 3 aromatic carbocycles. The summed E-state index contributed by atoms with van der Waals surface area (Å²) < 4.78 is 0. The number of hydrogen-bond donors (Lipinski definition) is 2. The number of hydrogen-bond acceptors (Lipinski definition) is 3. The maximum atomic E-state index is 13.0.